The van der Waals surface area contributed by atoms with Gasteiger partial charge in [0.2, 0.25) is 5.91 Å². The summed E-state index contributed by atoms with van der Waals surface area (Å²) < 4.78 is 0. The molecule has 2 aliphatic rings. The fraction of sp³-hybridized carbons (Fsp3) is 0.391. The first kappa shape index (κ1) is 18.7. The second kappa shape index (κ2) is 8.15. The number of hydrogen-bond donors (Lipinski definition) is 1. The van der Waals surface area contributed by atoms with E-state index in [0.29, 0.717) is 13.1 Å². The van der Waals surface area contributed by atoms with Gasteiger partial charge in [0.15, 0.2) is 0 Å². The van der Waals surface area contributed by atoms with Crippen LogP contribution < -0.4 is 0 Å². The molecule has 2 aromatic carbocycles. The lowest BCUT2D eigenvalue weighted by Gasteiger charge is -2.28. The second-order valence-corrected chi connectivity index (χ2v) is 7.82. The summed E-state index contributed by atoms with van der Waals surface area (Å²) in [5, 5.41) is 9.71. The number of rotatable bonds is 5. The summed E-state index contributed by atoms with van der Waals surface area (Å²) in [7, 11) is 0. The van der Waals surface area contributed by atoms with Crippen LogP contribution in [0, 0.1) is 5.92 Å². The molecule has 0 aliphatic carbocycles. The number of hydrogen-bond acceptors (Lipinski definition) is 3. The third-order valence-electron chi connectivity index (χ3n) is 6.05. The predicted octanol–water partition coefficient (Wildman–Crippen LogP) is 2.98. The molecule has 0 saturated carbocycles. The van der Waals surface area contributed by atoms with Crippen molar-refractivity contribution in [2.75, 3.05) is 19.6 Å². The zero-order valence-corrected chi connectivity index (χ0v) is 15.9. The number of carbonyl (C=O) groups is 2. The maximum absolute atomic E-state index is 13.3. The lowest BCUT2D eigenvalue weighted by molar-refractivity contribution is -0.142. The van der Waals surface area contributed by atoms with E-state index in [1.165, 1.54) is 5.56 Å². The van der Waals surface area contributed by atoms with Crippen molar-refractivity contribution in [3.63, 3.8) is 0 Å². The molecule has 3 atom stereocenters. The molecule has 2 heterocycles. The summed E-state index contributed by atoms with van der Waals surface area (Å²) in [5.74, 6) is -1.43. The first-order valence-electron chi connectivity index (χ1n) is 9.98. The molecular formula is C23H26N2O3. The Balaban J connectivity index is 1.49. The Bertz CT molecular complexity index is 824. The van der Waals surface area contributed by atoms with Crippen molar-refractivity contribution in [1.82, 2.24) is 9.80 Å². The smallest absolute Gasteiger partial charge is 0.308 e. The lowest BCUT2D eigenvalue weighted by atomic mass is 9.89. The minimum absolute atomic E-state index is 0.0816. The topological polar surface area (TPSA) is 60.9 Å². The molecule has 146 valence electrons. The highest BCUT2D eigenvalue weighted by Crippen LogP contribution is 2.34. The van der Waals surface area contributed by atoms with Crippen molar-refractivity contribution >= 4 is 11.9 Å². The van der Waals surface area contributed by atoms with Crippen LogP contribution in [0.2, 0.25) is 0 Å². The summed E-state index contributed by atoms with van der Waals surface area (Å²) in [5.41, 5.74) is 2.20. The molecule has 0 bridgehead atoms. The van der Waals surface area contributed by atoms with Crippen LogP contribution in [-0.2, 0) is 16.1 Å². The van der Waals surface area contributed by atoms with Gasteiger partial charge in [-0.1, -0.05) is 60.7 Å². The minimum atomic E-state index is -0.822. The fourth-order valence-corrected chi connectivity index (χ4v) is 4.60. The molecule has 0 aromatic heterocycles. The molecular weight excluding hydrogens is 352 g/mol. The molecule has 1 N–H and O–H groups in total. The standard InChI is InChI=1S/C23H26N2O3/c26-22(21-12-7-13-24(21)14-17-8-3-1-4-9-17)25-15-19(20(16-25)23(27)28)18-10-5-2-6-11-18/h1-6,8-11,19-21H,7,12-16H2,(H,27,28). The highest BCUT2D eigenvalue weighted by molar-refractivity contribution is 5.84. The third-order valence-corrected chi connectivity index (χ3v) is 6.05. The molecule has 1 amide bonds. The predicted molar refractivity (Wildman–Crippen MR) is 107 cm³/mol. The summed E-state index contributed by atoms with van der Waals surface area (Å²) in [6, 6.07) is 19.8. The summed E-state index contributed by atoms with van der Waals surface area (Å²) in [6.45, 7) is 2.44. The van der Waals surface area contributed by atoms with E-state index in [1.807, 2.05) is 48.5 Å². The van der Waals surface area contributed by atoms with E-state index < -0.39 is 11.9 Å². The monoisotopic (exact) mass is 378 g/mol. The average molecular weight is 378 g/mol. The molecule has 0 spiro atoms. The van der Waals surface area contributed by atoms with Crippen LogP contribution >= 0.6 is 0 Å². The van der Waals surface area contributed by atoms with E-state index in [-0.39, 0.29) is 17.9 Å². The molecule has 5 nitrogen and oxygen atoms in total. The Kier molecular flexibility index (Phi) is 5.44. The number of aliphatic carboxylic acids is 1. The zero-order chi connectivity index (χ0) is 19.5. The number of nitrogens with zero attached hydrogens (tertiary/aromatic N) is 2. The van der Waals surface area contributed by atoms with Gasteiger partial charge in [0.25, 0.3) is 0 Å². The van der Waals surface area contributed by atoms with Gasteiger partial charge in [-0.25, -0.2) is 0 Å². The first-order valence-corrected chi connectivity index (χ1v) is 9.98. The quantitative estimate of drug-likeness (QED) is 0.869. The van der Waals surface area contributed by atoms with Gasteiger partial charge >= 0.3 is 5.97 Å². The Morgan fingerprint density at radius 1 is 0.964 bits per heavy atom. The maximum atomic E-state index is 13.3. The number of benzene rings is 2. The SMILES string of the molecule is O=C(O)C1CN(C(=O)C2CCCN2Cc2ccccc2)CC1c1ccccc1. The fourth-order valence-electron chi connectivity index (χ4n) is 4.60. The Hall–Kier alpha value is -2.66. The zero-order valence-electron chi connectivity index (χ0n) is 15.9. The first-order chi connectivity index (χ1) is 13.6. The molecule has 5 heteroatoms. The van der Waals surface area contributed by atoms with Gasteiger partial charge < -0.3 is 10.0 Å². The van der Waals surface area contributed by atoms with Crippen molar-refractivity contribution in [3.8, 4) is 0 Å². The van der Waals surface area contributed by atoms with Gasteiger partial charge in [-0.05, 0) is 30.5 Å². The molecule has 0 radical (unpaired) electrons. The Labute approximate surface area is 165 Å². The number of likely N-dealkylation sites (tertiary alicyclic amines) is 2. The Morgan fingerprint density at radius 3 is 2.32 bits per heavy atom. The minimum Gasteiger partial charge on any atom is -0.481 e. The molecule has 4 rings (SSSR count). The summed E-state index contributed by atoms with van der Waals surface area (Å²) >= 11 is 0. The molecule has 28 heavy (non-hydrogen) atoms. The highest BCUT2D eigenvalue weighted by Gasteiger charge is 2.43. The van der Waals surface area contributed by atoms with E-state index in [9.17, 15) is 14.7 Å². The second-order valence-electron chi connectivity index (χ2n) is 7.82. The largest absolute Gasteiger partial charge is 0.481 e. The normalized spacial score (nSPS) is 25.1. The highest BCUT2D eigenvalue weighted by atomic mass is 16.4. The van der Waals surface area contributed by atoms with Gasteiger partial charge in [0, 0.05) is 25.6 Å². The van der Waals surface area contributed by atoms with E-state index in [0.717, 1.165) is 31.5 Å². The number of carboxylic acids is 1. The maximum Gasteiger partial charge on any atom is 0.308 e. The van der Waals surface area contributed by atoms with E-state index >= 15 is 0 Å². The van der Waals surface area contributed by atoms with Gasteiger partial charge in [0.05, 0.1) is 12.0 Å². The number of carbonyl (C=O) groups excluding carboxylic acids is 1. The molecule has 2 fully saturated rings. The van der Waals surface area contributed by atoms with Crippen LogP contribution in [0.4, 0.5) is 0 Å². The van der Waals surface area contributed by atoms with Crippen LogP contribution in [0.1, 0.15) is 29.9 Å². The van der Waals surface area contributed by atoms with Crippen LogP contribution in [0.25, 0.3) is 0 Å². The van der Waals surface area contributed by atoms with Crippen molar-refractivity contribution in [1.29, 1.82) is 0 Å². The summed E-state index contributed by atoms with van der Waals surface area (Å²) in [6.07, 6.45) is 1.84. The lowest BCUT2D eigenvalue weighted by Crippen LogP contribution is -2.44. The number of amides is 1. The van der Waals surface area contributed by atoms with Gasteiger partial charge in [-0.3, -0.25) is 14.5 Å². The van der Waals surface area contributed by atoms with E-state index in [2.05, 4.69) is 17.0 Å². The van der Waals surface area contributed by atoms with Crippen molar-refractivity contribution in [3.05, 3.63) is 71.8 Å². The van der Waals surface area contributed by atoms with E-state index in [1.54, 1.807) is 4.90 Å². The molecule has 2 aliphatic heterocycles. The van der Waals surface area contributed by atoms with Crippen LogP contribution in [0.5, 0.6) is 0 Å². The van der Waals surface area contributed by atoms with Crippen LogP contribution in [0.15, 0.2) is 60.7 Å². The van der Waals surface area contributed by atoms with Crippen molar-refractivity contribution in [2.45, 2.75) is 31.3 Å². The van der Waals surface area contributed by atoms with Gasteiger partial charge in [0.1, 0.15) is 0 Å². The molecule has 2 aromatic rings. The number of carboxylic acid groups (broad SMARTS) is 1. The van der Waals surface area contributed by atoms with Crippen LogP contribution in [0.3, 0.4) is 0 Å². The van der Waals surface area contributed by atoms with Crippen LogP contribution in [-0.4, -0.2) is 52.5 Å². The molecule has 2 saturated heterocycles. The van der Waals surface area contributed by atoms with Gasteiger partial charge in [-0.2, -0.15) is 0 Å². The van der Waals surface area contributed by atoms with E-state index in [4.69, 9.17) is 0 Å². The average Bonchev–Trinajstić information content (AvgIpc) is 3.36. The van der Waals surface area contributed by atoms with Crippen molar-refractivity contribution in [2.24, 2.45) is 5.92 Å². The van der Waals surface area contributed by atoms with Crippen molar-refractivity contribution < 1.29 is 14.7 Å². The Morgan fingerprint density at radius 2 is 1.64 bits per heavy atom. The molecule has 3 unspecified atom stereocenters. The summed E-state index contributed by atoms with van der Waals surface area (Å²) in [4.78, 5) is 29.1. The van der Waals surface area contributed by atoms with Gasteiger partial charge in [-0.15, -0.1) is 0 Å². The third kappa shape index (κ3) is 3.80.